The zero-order valence-electron chi connectivity index (χ0n) is 12.8. The molecule has 0 saturated carbocycles. The summed E-state index contributed by atoms with van der Waals surface area (Å²) < 4.78 is 6.92. The molecular weight excluding hydrogens is 326 g/mol. The highest BCUT2D eigenvalue weighted by atomic mass is 79.9. The molecule has 21 heavy (non-hydrogen) atoms. The van der Waals surface area contributed by atoms with Crippen LogP contribution in [0.3, 0.4) is 0 Å². The SMILES string of the molecule is CCC(N)Cc1ccc(Oc2ccc(C)cc2Br)cc1C. The third kappa shape index (κ3) is 4.32. The molecule has 112 valence electrons. The van der Waals surface area contributed by atoms with Gasteiger partial charge in [-0.3, -0.25) is 0 Å². The molecule has 1 unspecified atom stereocenters. The predicted molar refractivity (Wildman–Crippen MR) is 92.1 cm³/mol. The molecule has 0 fully saturated rings. The van der Waals surface area contributed by atoms with Gasteiger partial charge < -0.3 is 10.5 Å². The molecule has 1 atom stereocenters. The maximum atomic E-state index is 6.03. The number of ether oxygens (including phenoxy) is 1. The van der Waals surface area contributed by atoms with Gasteiger partial charge in [-0.15, -0.1) is 0 Å². The third-order valence-corrected chi connectivity index (χ3v) is 4.26. The van der Waals surface area contributed by atoms with Crippen LogP contribution in [0.1, 0.15) is 30.0 Å². The molecule has 0 aliphatic heterocycles. The molecule has 0 heterocycles. The highest BCUT2D eigenvalue weighted by Crippen LogP contribution is 2.31. The fraction of sp³-hybridized carbons (Fsp3) is 0.333. The number of hydrogen-bond donors (Lipinski definition) is 1. The van der Waals surface area contributed by atoms with Gasteiger partial charge in [-0.2, -0.15) is 0 Å². The molecule has 0 spiro atoms. The van der Waals surface area contributed by atoms with E-state index in [2.05, 4.69) is 54.9 Å². The van der Waals surface area contributed by atoms with E-state index in [1.54, 1.807) is 0 Å². The lowest BCUT2D eigenvalue weighted by molar-refractivity contribution is 0.478. The van der Waals surface area contributed by atoms with E-state index >= 15 is 0 Å². The Kier molecular flexibility index (Phi) is 5.43. The monoisotopic (exact) mass is 347 g/mol. The van der Waals surface area contributed by atoms with Crippen molar-refractivity contribution in [1.29, 1.82) is 0 Å². The predicted octanol–water partition coefficient (Wildman–Crippen LogP) is 5.14. The van der Waals surface area contributed by atoms with Gasteiger partial charge in [0.25, 0.3) is 0 Å². The molecule has 0 aliphatic rings. The van der Waals surface area contributed by atoms with Crippen molar-refractivity contribution in [2.75, 3.05) is 0 Å². The number of aryl methyl sites for hydroxylation is 2. The summed E-state index contributed by atoms with van der Waals surface area (Å²) >= 11 is 3.54. The molecule has 2 rings (SSSR count). The smallest absolute Gasteiger partial charge is 0.141 e. The number of nitrogens with two attached hydrogens (primary N) is 1. The Morgan fingerprint density at radius 3 is 2.52 bits per heavy atom. The van der Waals surface area contributed by atoms with E-state index in [-0.39, 0.29) is 6.04 Å². The second kappa shape index (κ2) is 7.10. The van der Waals surface area contributed by atoms with E-state index in [1.807, 2.05) is 18.2 Å². The van der Waals surface area contributed by atoms with Crippen LogP contribution in [0.25, 0.3) is 0 Å². The standard InChI is InChI=1S/C18H22BrNO/c1-4-15(20)11-14-6-7-16(10-13(14)3)21-18-8-5-12(2)9-17(18)19/h5-10,15H,4,11,20H2,1-3H3. The van der Waals surface area contributed by atoms with Crippen LogP contribution in [0.2, 0.25) is 0 Å². The zero-order chi connectivity index (χ0) is 15.4. The first-order valence-electron chi connectivity index (χ1n) is 7.28. The molecule has 0 amide bonds. The molecule has 2 aromatic rings. The summed E-state index contributed by atoms with van der Waals surface area (Å²) in [5.74, 6) is 1.68. The Labute approximate surface area is 135 Å². The van der Waals surface area contributed by atoms with Crippen molar-refractivity contribution in [3.05, 3.63) is 57.6 Å². The topological polar surface area (TPSA) is 35.2 Å². The van der Waals surface area contributed by atoms with Crippen molar-refractivity contribution >= 4 is 15.9 Å². The van der Waals surface area contributed by atoms with Crippen LogP contribution in [0.15, 0.2) is 40.9 Å². The average Bonchev–Trinajstić information content (AvgIpc) is 2.44. The van der Waals surface area contributed by atoms with Crippen LogP contribution < -0.4 is 10.5 Å². The molecule has 2 nitrogen and oxygen atoms in total. The summed E-state index contributed by atoms with van der Waals surface area (Å²) in [7, 11) is 0. The van der Waals surface area contributed by atoms with Gasteiger partial charge in [0.05, 0.1) is 4.47 Å². The number of benzene rings is 2. The lowest BCUT2D eigenvalue weighted by atomic mass is 10.00. The molecule has 0 aliphatic carbocycles. The molecule has 0 bridgehead atoms. The van der Waals surface area contributed by atoms with Gasteiger partial charge >= 0.3 is 0 Å². The van der Waals surface area contributed by atoms with Gasteiger partial charge in [0.15, 0.2) is 0 Å². The van der Waals surface area contributed by atoms with E-state index in [1.165, 1.54) is 16.7 Å². The normalized spacial score (nSPS) is 12.2. The van der Waals surface area contributed by atoms with Crippen LogP contribution in [0, 0.1) is 13.8 Å². The molecule has 0 saturated heterocycles. The minimum atomic E-state index is 0.224. The third-order valence-electron chi connectivity index (χ3n) is 3.64. The first-order valence-corrected chi connectivity index (χ1v) is 8.08. The Morgan fingerprint density at radius 2 is 1.90 bits per heavy atom. The van der Waals surface area contributed by atoms with Crippen molar-refractivity contribution in [3.63, 3.8) is 0 Å². The first-order chi connectivity index (χ1) is 9.99. The summed E-state index contributed by atoms with van der Waals surface area (Å²) in [6, 6.07) is 12.5. The van der Waals surface area contributed by atoms with Crippen LogP contribution in [0.4, 0.5) is 0 Å². The van der Waals surface area contributed by atoms with Gasteiger partial charge in [0, 0.05) is 6.04 Å². The van der Waals surface area contributed by atoms with Crippen molar-refractivity contribution in [3.8, 4) is 11.5 Å². The highest BCUT2D eigenvalue weighted by Gasteiger charge is 2.07. The average molecular weight is 348 g/mol. The van der Waals surface area contributed by atoms with Crippen molar-refractivity contribution in [1.82, 2.24) is 0 Å². The minimum Gasteiger partial charge on any atom is -0.456 e. The Hall–Kier alpha value is -1.32. The Balaban J connectivity index is 2.16. The minimum absolute atomic E-state index is 0.224. The second-order valence-corrected chi connectivity index (χ2v) is 6.35. The summed E-state index contributed by atoms with van der Waals surface area (Å²) in [4.78, 5) is 0. The van der Waals surface area contributed by atoms with Crippen molar-refractivity contribution in [2.45, 2.75) is 39.7 Å². The largest absolute Gasteiger partial charge is 0.456 e. The quantitative estimate of drug-likeness (QED) is 0.812. The van der Waals surface area contributed by atoms with Crippen molar-refractivity contribution in [2.24, 2.45) is 5.73 Å². The highest BCUT2D eigenvalue weighted by molar-refractivity contribution is 9.10. The fourth-order valence-electron chi connectivity index (χ4n) is 2.20. The maximum absolute atomic E-state index is 6.03. The van der Waals surface area contributed by atoms with E-state index in [0.29, 0.717) is 0 Å². The van der Waals surface area contributed by atoms with Gasteiger partial charge in [0.2, 0.25) is 0 Å². The maximum Gasteiger partial charge on any atom is 0.141 e. The number of rotatable bonds is 5. The summed E-state index contributed by atoms with van der Waals surface area (Å²) in [5.41, 5.74) is 9.75. The van der Waals surface area contributed by atoms with Gasteiger partial charge in [-0.25, -0.2) is 0 Å². The van der Waals surface area contributed by atoms with Crippen LogP contribution >= 0.6 is 15.9 Å². The summed E-state index contributed by atoms with van der Waals surface area (Å²) in [6.45, 7) is 6.28. The lowest BCUT2D eigenvalue weighted by Crippen LogP contribution is -2.21. The lowest BCUT2D eigenvalue weighted by Gasteiger charge is -2.14. The molecule has 2 aromatic carbocycles. The molecule has 0 aromatic heterocycles. The van der Waals surface area contributed by atoms with Crippen LogP contribution in [-0.4, -0.2) is 6.04 Å². The van der Waals surface area contributed by atoms with E-state index in [0.717, 1.165) is 28.8 Å². The van der Waals surface area contributed by atoms with E-state index < -0.39 is 0 Å². The second-order valence-electron chi connectivity index (χ2n) is 5.50. The van der Waals surface area contributed by atoms with E-state index in [4.69, 9.17) is 10.5 Å². The van der Waals surface area contributed by atoms with Crippen LogP contribution in [0.5, 0.6) is 11.5 Å². The summed E-state index contributed by atoms with van der Waals surface area (Å²) in [6.07, 6.45) is 1.91. The van der Waals surface area contributed by atoms with Gasteiger partial charge in [0.1, 0.15) is 11.5 Å². The van der Waals surface area contributed by atoms with Crippen molar-refractivity contribution < 1.29 is 4.74 Å². The molecule has 0 radical (unpaired) electrons. The summed E-state index contributed by atoms with van der Waals surface area (Å²) in [5, 5.41) is 0. The number of halogens is 1. The molecular formula is C18H22BrNO. The fourth-order valence-corrected chi connectivity index (χ4v) is 2.78. The van der Waals surface area contributed by atoms with E-state index in [9.17, 15) is 0 Å². The molecule has 3 heteroatoms. The van der Waals surface area contributed by atoms with Gasteiger partial charge in [-0.1, -0.05) is 19.1 Å². The first kappa shape index (κ1) is 16.1. The van der Waals surface area contributed by atoms with Gasteiger partial charge in [-0.05, 0) is 83.6 Å². The Bertz CT molecular complexity index is 625. The molecule has 2 N–H and O–H groups in total. The van der Waals surface area contributed by atoms with Crippen LogP contribution in [-0.2, 0) is 6.42 Å². The zero-order valence-corrected chi connectivity index (χ0v) is 14.4. The Morgan fingerprint density at radius 1 is 1.14 bits per heavy atom. The number of hydrogen-bond acceptors (Lipinski definition) is 2.